The Morgan fingerprint density at radius 2 is 2.11 bits per heavy atom. The second-order valence-electron chi connectivity index (χ2n) is 4.58. The number of ether oxygens (including phenoxy) is 1. The van der Waals surface area contributed by atoms with Crippen LogP contribution in [0.25, 0.3) is 0 Å². The lowest BCUT2D eigenvalue weighted by Crippen LogP contribution is -2.26. The van der Waals surface area contributed by atoms with E-state index in [4.69, 9.17) is 10.5 Å². The predicted molar refractivity (Wildman–Crippen MR) is 76.7 cm³/mol. The molecule has 18 heavy (non-hydrogen) atoms. The highest BCUT2D eigenvalue weighted by Crippen LogP contribution is 2.23. The molecule has 2 rings (SSSR count). The quantitative estimate of drug-likeness (QED) is 0.891. The van der Waals surface area contributed by atoms with E-state index in [0.29, 0.717) is 6.61 Å². The molecule has 0 spiro atoms. The number of benzene rings is 1. The molecule has 0 saturated heterocycles. The highest BCUT2D eigenvalue weighted by Gasteiger charge is 2.17. The Hall–Kier alpha value is -1.16. The molecule has 0 radical (unpaired) electrons. The molecule has 0 aliphatic heterocycles. The summed E-state index contributed by atoms with van der Waals surface area (Å²) >= 11 is 1.71. The molecule has 0 bridgehead atoms. The van der Waals surface area contributed by atoms with E-state index in [-0.39, 0.29) is 12.1 Å². The van der Waals surface area contributed by atoms with Gasteiger partial charge >= 0.3 is 0 Å². The van der Waals surface area contributed by atoms with Crippen molar-refractivity contribution in [2.75, 3.05) is 0 Å². The van der Waals surface area contributed by atoms with Crippen LogP contribution in [0.2, 0.25) is 0 Å². The van der Waals surface area contributed by atoms with Crippen LogP contribution in [0.4, 0.5) is 0 Å². The molecule has 1 aromatic heterocycles. The van der Waals surface area contributed by atoms with Crippen molar-refractivity contribution in [3.05, 3.63) is 57.8 Å². The van der Waals surface area contributed by atoms with E-state index in [9.17, 15) is 0 Å². The lowest BCUT2D eigenvalue weighted by Gasteiger charge is -2.22. The second-order valence-corrected chi connectivity index (χ2v) is 5.62. The summed E-state index contributed by atoms with van der Waals surface area (Å²) in [5, 5.41) is 2.06. The van der Waals surface area contributed by atoms with Gasteiger partial charge in [-0.25, -0.2) is 0 Å². The molecule has 0 amide bonds. The van der Waals surface area contributed by atoms with Crippen LogP contribution in [0.5, 0.6) is 0 Å². The Bertz CT molecular complexity index is 479. The first-order valence-corrected chi connectivity index (χ1v) is 7.01. The van der Waals surface area contributed by atoms with E-state index in [1.54, 1.807) is 11.3 Å². The Morgan fingerprint density at radius 3 is 2.72 bits per heavy atom. The normalized spacial score (nSPS) is 14.4. The SMILES string of the molecule is Cc1cccc(C(OCc2cccs2)C(C)N)c1. The number of nitrogens with two attached hydrogens (primary N) is 1. The van der Waals surface area contributed by atoms with E-state index in [1.165, 1.54) is 10.4 Å². The summed E-state index contributed by atoms with van der Waals surface area (Å²) in [6, 6.07) is 12.5. The number of hydrogen-bond acceptors (Lipinski definition) is 3. The fourth-order valence-corrected chi connectivity index (χ4v) is 2.59. The molecule has 2 unspecified atom stereocenters. The summed E-state index contributed by atoms with van der Waals surface area (Å²) in [4.78, 5) is 1.23. The molecule has 1 heterocycles. The zero-order valence-corrected chi connectivity index (χ0v) is 11.6. The highest BCUT2D eigenvalue weighted by atomic mass is 32.1. The van der Waals surface area contributed by atoms with Gasteiger partial charge in [-0.15, -0.1) is 11.3 Å². The van der Waals surface area contributed by atoms with Gasteiger partial charge in [-0.05, 0) is 30.9 Å². The van der Waals surface area contributed by atoms with Crippen molar-refractivity contribution in [1.29, 1.82) is 0 Å². The fourth-order valence-electron chi connectivity index (χ4n) is 1.97. The van der Waals surface area contributed by atoms with Gasteiger partial charge in [0, 0.05) is 10.9 Å². The minimum absolute atomic E-state index is 0.0215. The number of thiophene rings is 1. The third-order valence-corrected chi connectivity index (χ3v) is 3.68. The van der Waals surface area contributed by atoms with Crippen molar-refractivity contribution in [3.8, 4) is 0 Å². The lowest BCUT2D eigenvalue weighted by atomic mass is 10.0. The van der Waals surface area contributed by atoms with E-state index in [1.807, 2.05) is 13.0 Å². The summed E-state index contributed by atoms with van der Waals surface area (Å²) in [6.07, 6.45) is -0.0491. The van der Waals surface area contributed by atoms with Crippen molar-refractivity contribution in [1.82, 2.24) is 0 Å². The molecule has 2 N–H and O–H groups in total. The fraction of sp³-hybridized carbons (Fsp3) is 0.333. The average Bonchev–Trinajstić information content (AvgIpc) is 2.82. The smallest absolute Gasteiger partial charge is 0.0978 e. The summed E-state index contributed by atoms with van der Waals surface area (Å²) in [6.45, 7) is 4.69. The van der Waals surface area contributed by atoms with Crippen molar-refractivity contribution in [2.45, 2.75) is 32.6 Å². The maximum Gasteiger partial charge on any atom is 0.0978 e. The molecule has 3 heteroatoms. The zero-order valence-electron chi connectivity index (χ0n) is 10.8. The summed E-state index contributed by atoms with van der Waals surface area (Å²) in [5.74, 6) is 0. The Labute approximate surface area is 112 Å². The van der Waals surface area contributed by atoms with Crippen molar-refractivity contribution in [3.63, 3.8) is 0 Å². The van der Waals surface area contributed by atoms with Gasteiger partial charge < -0.3 is 10.5 Å². The number of hydrogen-bond donors (Lipinski definition) is 1. The Morgan fingerprint density at radius 1 is 1.28 bits per heavy atom. The van der Waals surface area contributed by atoms with Crippen LogP contribution in [0.1, 0.15) is 29.0 Å². The summed E-state index contributed by atoms with van der Waals surface area (Å²) < 4.78 is 5.97. The maximum atomic E-state index is 6.04. The van der Waals surface area contributed by atoms with Gasteiger partial charge in [-0.3, -0.25) is 0 Å². The van der Waals surface area contributed by atoms with Crippen LogP contribution in [0.3, 0.4) is 0 Å². The molecule has 0 fully saturated rings. The second kappa shape index (κ2) is 6.14. The van der Waals surface area contributed by atoms with Gasteiger partial charge in [-0.1, -0.05) is 35.9 Å². The first kappa shape index (κ1) is 13.3. The van der Waals surface area contributed by atoms with Gasteiger partial charge in [0.1, 0.15) is 0 Å². The van der Waals surface area contributed by atoms with E-state index < -0.39 is 0 Å². The lowest BCUT2D eigenvalue weighted by molar-refractivity contribution is 0.0273. The molecule has 0 aliphatic rings. The maximum absolute atomic E-state index is 6.04. The Balaban J connectivity index is 2.08. The zero-order chi connectivity index (χ0) is 13.0. The van der Waals surface area contributed by atoms with Crippen LogP contribution in [0.15, 0.2) is 41.8 Å². The average molecular weight is 261 g/mol. The van der Waals surface area contributed by atoms with Gasteiger partial charge in [0.25, 0.3) is 0 Å². The van der Waals surface area contributed by atoms with Gasteiger partial charge in [0.05, 0.1) is 12.7 Å². The molecule has 1 aromatic carbocycles. The molecule has 2 aromatic rings. The predicted octanol–water partition coefficient (Wildman–Crippen LogP) is 3.66. The molecular weight excluding hydrogens is 242 g/mol. The van der Waals surface area contributed by atoms with Gasteiger partial charge in [0.15, 0.2) is 0 Å². The van der Waals surface area contributed by atoms with Gasteiger partial charge in [0.2, 0.25) is 0 Å². The first-order valence-electron chi connectivity index (χ1n) is 6.13. The highest BCUT2D eigenvalue weighted by molar-refractivity contribution is 7.09. The minimum atomic E-state index is -0.0491. The summed E-state index contributed by atoms with van der Waals surface area (Å²) in [7, 11) is 0. The standard InChI is InChI=1S/C15H19NOS/c1-11-5-3-6-13(9-11)15(12(2)16)17-10-14-7-4-8-18-14/h3-9,12,15H,10,16H2,1-2H3. The first-order chi connectivity index (χ1) is 8.66. The van der Waals surface area contributed by atoms with Crippen molar-refractivity contribution < 1.29 is 4.74 Å². The van der Waals surface area contributed by atoms with Crippen molar-refractivity contribution >= 4 is 11.3 Å². The molecule has 0 saturated carbocycles. The molecule has 2 nitrogen and oxygen atoms in total. The Kier molecular flexibility index (Phi) is 4.53. The number of aryl methyl sites for hydroxylation is 1. The largest absolute Gasteiger partial charge is 0.366 e. The third-order valence-electron chi connectivity index (χ3n) is 2.83. The van der Waals surface area contributed by atoms with E-state index in [0.717, 1.165) is 5.56 Å². The minimum Gasteiger partial charge on any atom is -0.366 e. The van der Waals surface area contributed by atoms with Crippen LogP contribution >= 0.6 is 11.3 Å². The molecule has 96 valence electrons. The molecule has 2 atom stereocenters. The third kappa shape index (κ3) is 3.42. The monoisotopic (exact) mass is 261 g/mol. The summed E-state index contributed by atoms with van der Waals surface area (Å²) in [5.41, 5.74) is 8.42. The van der Waals surface area contributed by atoms with Crippen LogP contribution in [-0.4, -0.2) is 6.04 Å². The van der Waals surface area contributed by atoms with Crippen LogP contribution in [-0.2, 0) is 11.3 Å². The van der Waals surface area contributed by atoms with Crippen LogP contribution in [0, 0.1) is 6.92 Å². The molecular formula is C15H19NOS. The van der Waals surface area contributed by atoms with E-state index >= 15 is 0 Å². The van der Waals surface area contributed by atoms with Crippen LogP contribution < -0.4 is 5.73 Å². The van der Waals surface area contributed by atoms with Gasteiger partial charge in [-0.2, -0.15) is 0 Å². The van der Waals surface area contributed by atoms with Crippen molar-refractivity contribution in [2.24, 2.45) is 5.73 Å². The van der Waals surface area contributed by atoms with E-state index in [2.05, 4.69) is 42.6 Å². The topological polar surface area (TPSA) is 35.2 Å². The molecule has 0 aliphatic carbocycles. The number of rotatable bonds is 5.